The predicted molar refractivity (Wildman–Crippen MR) is 70.5 cm³/mol. The molecule has 0 aliphatic heterocycles. The smallest absolute Gasteiger partial charge is 0.338 e. The molecule has 1 aromatic rings. The van der Waals surface area contributed by atoms with Gasteiger partial charge < -0.3 is 14.8 Å². The first-order valence-corrected chi connectivity index (χ1v) is 5.95. The van der Waals surface area contributed by atoms with Gasteiger partial charge >= 0.3 is 12.0 Å². The van der Waals surface area contributed by atoms with Crippen LogP contribution >= 0.6 is 0 Å². The van der Waals surface area contributed by atoms with Crippen molar-refractivity contribution >= 4 is 17.9 Å². The number of urea groups is 1. The molecule has 0 heterocycles. The lowest BCUT2D eigenvalue weighted by Crippen LogP contribution is -2.41. The van der Waals surface area contributed by atoms with Gasteiger partial charge in [-0.1, -0.05) is 0 Å². The molecule has 0 aromatic heterocycles. The number of methoxy groups -OCH3 is 1. The molecule has 0 saturated heterocycles. The summed E-state index contributed by atoms with van der Waals surface area (Å²) in [6.07, 6.45) is 0. The van der Waals surface area contributed by atoms with Crippen LogP contribution in [0.1, 0.15) is 17.3 Å². The number of benzene rings is 1. The van der Waals surface area contributed by atoms with Crippen molar-refractivity contribution in [2.24, 2.45) is 0 Å². The first-order chi connectivity index (χ1) is 9.56. The third kappa shape index (κ3) is 4.97. The van der Waals surface area contributed by atoms with Crippen molar-refractivity contribution < 1.29 is 23.9 Å². The van der Waals surface area contributed by atoms with E-state index in [1.807, 2.05) is 5.32 Å². The number of hydrogen-bond donors (Lipinski definition) is 2. The Hall–Kier alpha value is -2.57. The topological polar surface area (TPSA) is 93.7 Å². The van der Waals surface area contributed by atoms with Gasteiger partial charge in [-0.2, -0.15) is 0 Å². The second-order valence-electron chi connectivity index (χ2n) is 3.71. The van der Waals surface area contributed by atoms with Crippen LogP contribution in [0.25, 0.3) is 0 Å². The quantitative estimate of drug-likeness (QED) is 0.774. The lowest BCUT2D eigenvalue weighted by molar-refractivity contribution is -0.123. The molecular weight excluding hydrogens is 264 g/mol. The molecule has 0 bridgehead atoms. The molecule has 7 heteroatoms. The Balaban J connectivity index is 2.42. The van der Waals surface area contributed by atoms with E-state index in [1.165, 1.54) is 19.2 Å². The maximum Gasteiger partial charge on any atom is 0.338 e. The molecule has 108 valence electrons. The van der Waals surface area contributed by atoms with Crippen molar-refractivity contribution in [2.45, 2.75) is 6.92 Å². The van der Waals surface area contributed by atoms with Crippen molar-refractivity contribution in [2.75, 3.05) is 20.3 Å². The van der Waals surface area contributed by atoms with Crippen molar-refractivity contribution in [3.63, 3.8) is 0 Å². The lowest BCUT2D eigenvalue weighted by atomic mass is 10.2. The third-order valence-corrected chi connectivity index (χ3v) is 2.25. The minimum atomic E-state index is -0.696. The normalized spacial score (nSPS) is 9.50. The summed E-state index contributed by atoms with van der Waals surface area (Å²) in [6.45, 7) is 1.58. The number of rotatable bonds is 5. The highest BCUT2D eigenvalue weighted by Crippen LogP contribution is 2.11. The molecule has 0 radical (unpaired) electrons. The first-order valence-electron chi connectivity index (χ1n) is 5.95. The van der Waals surface area contributed by atoms with E-state index in [9.17, 15) is 14.4 Å². The Kier molecular flexibility index (Phi) is 6.02. The van der Waals surface area contributed by atoms with Crippen molar-refractivity contribution in [1.29, 1.82) is 0 Å². The van der Waals surface area contributed by atoms with E-state index in [0.717, 1.165) is 0 Å². The Morgan fingerprint density at radius 3 is 2.35 bits per heavy atom. The van der Waals surface area contributed by atoms with Crippen molar-refractivity contribution in [1.82, 2.24) is 10.6 Å². The largest absolute Gasteiger partial charge is 0.497 e. The van der Waals surface area contributed by atoms with Gasteiger partial charge in [0.05, 0.1) is 12.7 Å². The van der Waals surface area contributed by atoms with Crippen LogP contribution in [0, 0.1) is 0 Å². The summed E-state index contributed by atoms with van der Waals surface area (Å²) < 4.78 is 9.72. The van der Waals surface area contributed by atoms with E-state index in [-0.39, 0.29) is 5.56 Å². The maximum atomic E-state index is 11.6. The fraction of sp³-hybridized carbons (Fsp3) is 0.308. The van der Waals surface area contributed by atoms with E-state index in [4.69, 9.17) is 9.47 Å². The fourth-order valence-corrected chi connectivity index (χ4v) is 1.31. The zero-order chi connectivity index (χ0) is 15.0. The van der Waals surface area contributed by atoms with Gasteiger partial charge in [-0.15, -0.1) is 0 Å². The average Bonchev–Trinajstić information content (AvgIpc) is 2.45. The Morgan fingerprint density at radius 1 is 1.15 bits per heavy atom. The first kappa shape index (κ1) is 15.5. The van der Waals surface area contributed by atoms with Crippen LogP contribution in [-0.4, -0.2) is 38.2 Å². The highest BCUT2D eigenvalue weighted by atomic mass is 16.5. The number of esters is 1. The van der Waals surface area contributed by atoms with E-state index in [2.05, 4.69) is 5.32 Å². The van der Waals surface area contributed by atoms with Crippen LogP contribution in [0.4, 0.5) is 4.79 Å². The van der Waals surface area contributed by atoms with Gasteiger partial charge in [-0.3, -0.25) is 10.1 Å². The fourth-order valence-electron chi connectivity index (χ4n) is 1.31. The summed E-state index contributed by atoms with van der Waals surface area (Å²) in [5.41, 5.74) is 0.289. The molecule has 0 fully saturated rings. The molecular formula is C13H16N2O5. The summed E-state index contributed by atoms with van der Waals surface area (Å²) in [7, 11) is 1.51. The van der Waals surface area contributed by atoms with Crippen LogP contribution in [0.5, 0.6) is 5.75 Å². The van der Waals surface area contributed by atoms with Crippen LogP contribution in [0.15, 0.2) is 24.3 Å². The maximum absolute atomic E-state index is 11.6. The number of amides is 3. The van der Waals surface area contributed by atoms with Gasteiger partial charge in [0.2, 0.25) is 0 Å². The Morgan fingerprint density at radius 2 is 1.80 bits per heavy atom. The van der Waals surface area contributed by atoms with Gasteiger partial charge in [0, 0.05) is 6.54 Å². The molecule has 0 aliphatic carbocycles. The molecule has 0 saturated carbocycles. The number of ether oxygens (including phenoxy) is 2. The zero-order valence-electron chi connectivity index (χ0n) is 11.3. The Labute approximate surface area is 116 Å². The average molecular weight is 280 g/mol. The number of nitrogens with one attached hydrogen (secondary N) is 2. The number of carbonyl (C=O) groups excluding carboxylic acids is 3. The zero-order valence-corrected chi connectivity index (χ0v) is 11.3. The lowest BCUT2D eigenvalue weighted by Gasteiger charge is -2.06. The van der Waals surface area contributed by atoms with E-state index >= 15 is 0 Å². The molecule has 7 nitrogen and oxygen atoms in total. The summed E-state index contributed by atoms with van der Waals surface area (Å²) in [6, 6.07) is 5.61. The molecule has 0 aliphatic rings. The standard InChI is InChI=1S/C13H16N2O5/c1-3-14-13(18)15-11(16)8-20-12(17)9-4-6-10(19-2)7-5-9/h4-7H,3,8H2,1-2H3,(H2,14,15,16,18). The summed E-state index contributed by atoms with van der Waals surface area (Å²) >= 11 is 0. The van der Waals surface area contributed by atoms with Gasteiger partial charge in [0.15, 0.2) is 6.61 Å². The predicted octanol–water partition coefficient (Wildman–Crippen LogP) is 0.698. The third-order valence-electron chi connectivity index (χ3n) is 2.25. The molecule has 20 heavy (non-hydrogen) atoms. The monoisotopic (exact) mass is 280 g/mol. The van der Waals surface area contributed by atoms with Crippen molar-refractivity contribution in [3.8, 4) is 5.75 Å². The van der Waals surface area contributed by atoms with Crippen LogP contribution < -0.4 is 15.4 Å². The molecule has 0 unspecified atom stereocenters. The van der Waals surface area contributed by atoms with Gasteiger partial charge in [-0.05, 0) is 31.2 Å². The van der Waals surface area contributed by atoms with Gasteiger partial charge in [0.25, 0.3) is 5.91 Å². The molecule has 3 amide bonds. The highest BCUT2D eigenvalue weighted by Gasteiger charge is 2.12. The van der Waals surface area contributed by atoms with Gasteiger partial charge in [-0.25, -0.2) is 9.59 Å². The van der Waals surface area contributed by atoms with E-state index in [1.54, 1.807) is 19.1 Å². The molecule has 1 aromatic carbocycles. The molecule has 0 spiro atoms. The van der Waals surface area contributed by atoms with Crippen LogP contribution in [-0.2, 0) is 9.53 Å². The second-order valence-corrected chi connectivity index (χ2v) is 3.71. The summed E-state index contributed by atoms with van der Waals surface area (Å²) in [5.74, 6) is -0.743. The molecule has 0 atom stereocenters. The Bertz CT molecular complexity index is 484. The van der Waals surface area contributed by atoms with Gasteiger partial charge in [0.1, 0.15) is 5.75 Å². The minimum Gasteiger partial charge on any atom is -0.497 e. The SMILES string of the molecule is CCNC(=O)NC(=O)COC(=O)c1ccc(OC)cc1. The van der Waals surface area contributed by atoms with E-state index in [0.29, 0.717) is 12.3 Å². The molecule has 2 N–H and O–H groups in total. The second kappa shape index (κ2) is 7.78. The number of imide groups is 1. The number of hydrogen-bond acceptors (Lipinski definition) is 5. The molecule has 1 rings (SSSR count). The summed E-state index contributed by atoms with van der Waals surface area (Å²) in [4.78, 5) is 34.0. The van der Waals surface area contributed by atoms with E-state index < -0.39 is 24.5 Å². The highest BCUT2D eigenvalue weighted by molar-refractivity contribution is 5.97. The van der Waals surface area contributed by atoms with Crippen LogP contribution in [0.3, 0.4) is 0 Å². The minimum absolute atomic E-state index is 0.289. The summed E-state index contributed by atoms with van der Waals surface area (Å²) in [5, 5.41) is 4.40. The number of carbonyl (C=O) groups is 3. The van der Waals surface area contributed by atoms with Crippen molar-refractivity contribution in [3.05, 3.63) is 29.8 Å². The van der Waals surface area contributed by atoms with Crippen LogP contribution in [0.2, 0.25) is 0 Å².